The van der Waals surface area contributed by atoms with Crippen molar-refractivity contribution in [1.82, 2.24) is 4.90 Å². The van der Waals surface area contributed by atoms with Crippen LogP contribution in [-0.2, 0) is 6.54 Å². The molecule has 0 radical (unpaired) electrons. The van der Waals surface area contributed by atoms with Gasteiger partial charge in [0.25, 0.3) is 5.91 Å². The molecule has 17 heavy (non-hydrogen) atoms. The van der Waals surface area contributed by atoms with Gasteiger partial charge in [-0.05, 0) is 23.8 Å². The lowest BCUT2D eigenvalue weighted by molar-refractivity contribution is 0.0784. The topological polar surface area (TPSA) is 33.5 Å². The zero-order valence-corrected chi connectivity index (χ0v) is 9.39. The number of hydrogen-bond donors (Lipinski definition) is 0. The molecule has 1 aromatic carbocycles. The van der Waals surface area contributed by atoms with Gasteiger partial charge in [0.2, 0.25) is 0 Å². The Morgan fingerprint density at radius 3 is 2.88 bits per heavy atom. The van der Waals surface area contributed by atoms with Gasteiger partial charge in [0, 0.05) is 13.6 Å². The minimum Gasteiger partial charge on any atom is -0.472 e. The highest BCUT2D eigenvalue weighted by Gasteiger charge is 2.12. The van der Waals surface area contributed by atoms with Gasteiger partial charge in [-0.1, -0.05) is 12.1 Å². The maximum atomic E-state index is 13.0. The zero-order chi connectivity index (χ0) is 12.3. The Labute approximate surface area is 98.5 Å². The Hall–Kier alpha value is -2.10. The van der Waals surface area contributed by atoms with Crippen LogP contribution < -0.4 is 0 Å². The van der Waals surface area contributed by atoms with Gasteiger partial charge in [-0.15, -0.1) is 0 Å². The maximum absolute atomic E-state index is 13.0. The number of hydrogen-bond acceptors (Lipinski definition) is 2. The highest BCUT2D eigenvalue weighted by Crippen LogP contribution is 2.10. The first kappa shape index (κ1) is 11.4. The molecule has 0 aliphatic carbocycles. The van der Waals surface area contributed by atoms with Crippen LogP contribution in [0, 0.1) is 5.82 Å². The molecule has 0 spiro atoms. The van der Waals surface area contributed by atoms with Crippen molar-refractivity contribution in [3.8, 4) is 0 Å². The van der Waals surface area contributed by atoms with Gasteiger partial charge in [0.05, 0.1) is 11.8 Å². The molecule has 3 nitrogen and oxygen atoms in total. The van der Waals surface area contributed by atoms with Gasteiger partial charge >= 0.3 is 0 Å². The third-order valence-electron chi connectivity index (χ3n) is 2.42. The molecule has 2 rings (SSSR count). The lowest BCUT2D eigenvalue weighted by atomic mass is 10.2. The first-order chi connectivity index (χ1) is 8.16. The van der Waals surface area contributed by atoms with Crippen LogP contribution >= 0.6 is 0 Å². The summed E-state index contributed by atoms with van der Waals surface area (Å²) in [5, 5.41) is 0. The molecular weight excluding hydrogens is 221 g/mol. The maximum Gasteiger partial charge on any atom is 0.257 e. The van der Waals surface area contributed by atoms with Crippen LogP contribution in [0.2, 0.25) is 0 Å². The molecule has 1 amide bonds. The lowest BCUT2D eigenvalue weighted by Gasteiger charge is -2.16. The highest BCUT2D eigenvalue weighted by atomic mass is 19.1. The van der Waals surface area contributed by atoms with Gasteiger partial charge in [-0.2, -0.15) is 0 Å². The first-order valence-corrected chi connectivity index (χ1v) is 5.19. The average Bonchev–Trinajstić information content (AvgIpc) is 2.81. The Morgan fingerprint density at radius 1 is 1.41 bits per heavy atom. The summed E-state index contributed by atoms with van der Waals surface area (Å²) in [7, 11) is 1.67. The van der Waals surface area contributed by atoms with Crippen molar-refractivity contribution in [2.24, 2.45) is 0 Å². The van der Waals surface area contributed by atoms with E-state index in [1.54, 1.807) is 25.2 Å². The SMILES string of the molecule is CN(Cc1cccc(F)c1)C(=O)c1ccoc1. The van der Waals surface area contributed by atoms with Crippen molar-refractivity contribution >= 4 is 5.91 Å². The molecule has 0 atom stereocenters. The quantitative estimate of drug-likeness (QED) is 0.816. The van der Waals surface area contributed by atoms with Crippen molar-refractivity contribution in [2.75, 3.05) is 7.05 Å². The van der Waals surface area contributed by atoms with E-state index in [1.807, 2.05) is 0 Å². The van der Waals surface area contributed by atoms with Gasteiger partial charge in [-0.25, -0.2) is 4.39 Å². The molecule has 1 aromatic heterocycles. The molecule has 4 heteroatoms. The van der Waals surface area contributed by atoms with Crippen molar-refractivity contribution in [3.63, 3.8) is 0 Å². The molecule has 2 aromatic rings. The Balaban J connectivity index is 2.07. The summed E-state index contributed by atoms with van der Waals surface area (Å²) >= 11 is 0. The van der Waals surface area contributed by atoms with Crippen LogP contribution in [0.4, 0.5) is 4.39 Å². The molecule has 0 fully saturated rings. The standard InChI is InChI=1S/C13H12FNO2/c1-15(13(16)11-5-6-17-9-11)8-10-3-2-4-12(14)7-10/h2-7,9H,8H2,1H3. The molecule has 0 aliphatic rings. The van der Waals surface area contributed by atoms with Crippen molar-refractivity contribution < 1.29 is 13.6 Å². The zero-order valence-electron chi connectivity index (χ0n) is 9.39. The van der Waals surface area contributed by atoms with E-state index in [9.17, 15) is 9.18 Å². The number of halogens is 1. The molecule has 0 N–H and O–H groups in total. The molecule has 0 aliphatic heterocycles. The molecule has 88 valence electrons. The van der Waals surface area contributed by atoms with E-state index in [2.05, 4.69) is 0 Å². The smallest absolute Gasteiger partial charge is 0.257 e. The van der Waals surface area contributed by atoms with Crippen molar-refractivity contribution in [1.29, 1.82) is 0 Å². The van der Waals surface area contributed by atoms with Crippen LogP contribution in [-0.4, -0.2) is 17.9 Å². The third-order valence-corrected chi connectivity index (χ3v) is 2.42. The predicted octanol–water partition coefficient (Wildman–Crippen LogP) is 2.69. The number of amides is 1. The van der Waals surface area contributed by atoms with Gasteiger partial charge in [-0.3, -0.25) is 4.79 Å². The van der Waals surface area contributed by atoms with E-state index in [0.29, 0.717) is 12.1 Å². The molecule has 0 saturated heterocycles. The van der Waals surface area contributed by atoms with E-state index in [4.69, 9.17) is 4.42 Å². The summed E-state index contributed by atoms with van der Waals surface area (Å²) in [6.07, 6.45) is 2.84. The average molecular weight is 233 g/mol. The predicted molar refractivity (Wildman–Crippen MR) is 60.9 cm³/mol. The third kappa shape index (κ3) is 2.72. The fourth-order valence-electron chi connectivity index (χ4n) is 1.59. The summed E-state index contributed by atoms with van der Waals surface area (Å²) in [6, 6.07) is 7.80. The number of benzene rings is 1. The number of carbonyl (C=O) groups excluding carboxylic acids is 1. The number of carbonyl (C=O) groups is 1. The summed E-state index contributed by atoms with van der Waals surface area (Å²) in [6.45, 7) is 0.363. The van der Waals surface area contributed by atoms with E-state index in [-0.39, 0.29) is 11.7 Å². The van der Waals surface area contributed by atoms with Gasteiger partial charge in [0.15, 0.2) is 0 Å². The summed E-state index contributed by atoms with van der Waals surface area (Å²) in [4.78, 5) is 13.4. The summed E-state index contributed by atoms with van der Waals surface area (Å²) < 4.78 is 17.8. The monoisotopic (exact) mass is 233 g/mol. The van der Waals surface area contributed by atoms with Gasteiger partial charge in [0.1, 0.15) is 12.1 Å². The van der Waals surface area contributed by atoms with Gasteiger partial charge < -0.3 is 9.32 Å². The number of rotatable bonds is 3. The van der Waals surface area contributed by atoms with E-state index >= 15 is 0 Å². The number of nitrogens with zero attached hydrogens (tertiary/aromatic N) is 1. The fourth-order valence-corrected chi connectivity index (χ4v) is 1.59. The Bertz CT molecular complexity index is 508. The van der Waals surface area contributed by atoms with Crippen LogP contribution in [0.5, 0.6) is 0 Å². The summed E-state index contributed by atoms with van der Waals surface area (Å²) in [5.41, 5.74) is 1.24. The Kier molecular flexibility index (Phi) is 3.23. The van der Waals surface area contributed by atoms with E-state index < -0.39 is 0 Å². The van der Waals surface area contributed by atoms with E-state index in [1.165, 1.54) is 29.6 Å². The highest BCUT2D eigenvalue weighted by molar-refractivity contribution is 5.93. The van der Waals surface area contributed by atoms with Crippen LogP contribution in [0.3, 0.4) is 0 Å². The van der Waals surface area contributed by atoms with Crippen molar-refractivity contribution in [3.05, 3.63) is 59.8 Å². The van der Waals surface area contributed by atoms with Crippen LogP contribution in [0.1, 0.15) is 15.9 Å². The fraction of sp³-hybridized carbons (Fsp3) is 0.154. The second-order valence-electron chi connectivity index (χ2n) is 3.80. The molecule has 0 unspecified atom stereocenters. The lowest BCUT2D eigenvalue weighted by Crippen LogP contribution is -2.25. The van der Waals surface area contributed by atoms with E-state index in [0.717, 1.165) is 5.56 Å². The molecule has 0 saturated carbocycles. The minimum absolute atomic E-state index is 0.150. The second-order valence-corrected chi connectivity index (χ2v) is 3.80. The Morgan fingerprint density at radius 2 is 2.24 bits per heavy atom. The molecular formula is C13H12FNO2. The van der Waals surface area contributed by atoms with Crippen molar-refractivity contribution in [2.45, 2.75) is 6.54 Å². The molecule has 1 heterocycles. The minimum atomic E-state index is -0.299. The second kappa shape index (κ2) is 4.82. The largest absolute Gasteiger partial charge is 0.472 e. The summed E-state index contributed by atoms with van der Waals surface area (Å²) in [5.74, 6) is -0.449. The number of furan rings is 1. The first-order valence-electron chi connectivity index (χ1n) is 5.19. The van der Waals surface area contributed by atoms with Crippen LogP contribution in [0.25, 0.3) is 0 Å². The normalized spacial score (nSPS) is 10.2. The molecule has 0 bridgehead atoms. The van der Waals surface area contributed by atoms with Crippen LogP contribution in [0.15, 0.2) is 47.3 Å².